The third-order valence-corrected chi connectivity index (χ3v) is 5.32. The molecule has 8 heteroatoms. The van der Waals surface area contributed by atoms with E-state index in [-0.39, 0.29) is 17.9 Å². The van der Waals surface area contributed by atoms with E-state index in [1.165, 1.54) is 6.33 Å². The van der Waals surface area contributed by atoms with Crippen LogP contribution < -0.4 is 10.2 Å². The molecule has 0 bridgehead atoms. The lowest BCUT2D eigenvalue weighted by Gasteiger charge is -2.19. The summed E-state index contributed by atoms with van der Waals surface area (Å²) in [5.41, 5.74) is 2.91. The molecule has 2 heterocycles. The fourth-order valence-corrected chi connectivity index (χ4v) is 3.60. The maximum absolute atomic E-state index is 12.8. The fourth-order valence-electron chi connectivity index (χ4n) is 3.38. The van der Waals surface area contributed by atoms with E-state index in [9.17, 15) is 9.59 Å². The van der Waals surface area contributed by atoms with Crippen LogP contribution in [0.3, 0.4) is 0 Å². The van der Waals surface area contributed by atoms with Gasteiger partial charge in [0.2, 0.25) is 5.91 Å². The van der Waals surface area contributed by atoms with Crippen molar-refractivity contribution in [3.05, 3.63) is 71.3 Å². The van der Waals surface area contributed by atoms with Gasteiger partial charge in [0.05, 0.1) is 22.4 Å². The Bertz CT molecular complexity index is 1030. The quantitative estimate of drug-likeness (QED) is 0.699. The van der Waals surface area contributed by atoms with Gasteiger partial charge in [0.15, 0.2) is 0 Å². The molecule has 0 saturated carbocycles. The monoisotopic (exact) mass is 409 g/mol. The van der Waals surface area contributed by atoms with Crippen molar-refractivity contribution in [2.24, 2.45) is 0 Å². The number of nitrogens with zero attached hydrogens (tertiary/aromatic N) is 4. The zero-order valence-corrected chi connectivity index (χ0v) is 16.6. The van der Waals surface area contributed by atoms with Gasteiger partial charge >= 0.3 is 0 Å². The number of hydrogen-bond donors (Lipinski definition) is 1. The molecule has 1 saturated heterocycles. The predicted octanol–water partition coefficient (Wildman–Crippen LogP) is 3.54. The largest absolute Gasteiger partial charge is 0.346 e. The van der Waals surface area contributed by atoms with Gasteiger partial charge in [-0.05, 0) is 49.2 Å². The first kappa shape index (κ1) is 19.1. The summed E-state index contributed by atoms with van der Waals surface area (Å²) in [5.74, 6) is -0.187. The highest BCUT2D eigenvalue weighted by Gasteiger charge is 2.24. The molecule has 1 fully saturated rings. The molecule has 7 nitrogen and oxygen atoms in total. The highest BCUT2D eigenvalue weighted by Crippen LogP contribution is 2.30. The van der Waals surface area contributed by atoms with Crippen LogP contribution in [0, 0.1) is 0 Å². The van der Waals surface area contributed by atoms with Crippen molar-refractivity contribution in [2.75, 3.05) is 11.4 Å². The van der Waals surface area contributed by atoms with Gasteiger partial charge in [-0.1, -0.05) is 23.7 Å². The number of carbonyl (C=O) groups is 2. The second-order valence-corrected chi connectivity index (χ2v) is 7.35. The summed E-state index contributed by atoms with van der Waals surface area (Å²) in [7, 11) is 0. The lowest BCUT2D eigenvalue weighted by atomic mass is 10.1. The standard InChI is InChI=1S/C21H20ClN5O2/c1-14(15-4-7-17(8-5-15)27-13-23-12-24-27)25-21(29)16-6-9-18(22)19(11-16)26-10-2-3-20(26)28/h4-9,11-14H,2-3,10H2,1H3,(H,25,29)/t14-/m0/s1. The second-order valence-electron chi connectivity index (χ2n) is 6.94. The third-order valence-electron chi connectivity index (χ3n) is 5.00. The fraction of sp³-hybridized carbons (Fsp3) is 0.238. The summed E-state index contributed by atoms with van der Waals surface area (Å²) >= 11 is 6.27. The van der Waals surface area contributed by atoms with Crippen molar-refractivity contribution >= 4 is 29.1 Å². The lowest BCUT2D eigenvalue weighted by molar-refractivity contribution is -0.117. The van der Waals surface area contributed by atoms with Crippen LogP contribution in [-0.2, 0) is 4.79 Å². The van der Waals surface area contributed by atoms with E-state index in [4.69, 9.17) is 11.6 Å². The number of benzene rings is 2. The molecule has 1 N–H and O–H groups in total. The molecular formula is C21H20ClN5O2. The van der Waals surface area contributed by atoms with Crippen molar-refractivity contribution in [2.45, 2.75) is 25.8 Å². The van der Waals surface area contributed by atoms with Crippen LogP contribution in [0.25, 0.3) is 5.69 Å². The molecule has 2 aromatic carbocycles. The zero-order valence-electron chi connectivity index (χ0n) is 15.9. The first-order valence-corrected chi connectivity index (χ1v) is 9.76. The predicted molar refractivity (Wildman–Crippen MR) is 110 cm³/mol. The molecule has 1 aliphatic heterocycles. The van der Waals surface area contributed by atoms with Gasteiger partial charge in [0.25, 0.3) is 5.91 Å². The van der Waals surface area contributed by atoms with Gasteiger partial charge in [-0.15, -0.1) is 0 Å². The molecule has 2 amide bonds. The number of nitrogens with one attached hydrogen (secondary N) is 1. The highest BCUT2D eigenvalue weighted by atomic mass is 35.5. The summed E-state index contributed by atoms with van der Waals surface area (Å²) in [4.78, 5) is 30.4. The number of anilines is 1. The minimum Gasteiger partial charge on any atom is -0.346 e. The van der Waals surface area contributed by atoms with Crippen LogP contribution in [0.1, 0.15) is 41.7 Å². The van der Waals surface area contributed by atoms with E-state index in [1.54, 1.807) is 34.1 Å². The maximum atomic E-state index is 12.8. The topological polar surface area (TPSA) is 80.1 Å². The van der Waals surface area contributed by atoms with Gasteiger partial charge in [-0.2, -0.15) is 5.10 Å². The molecular weight excluding hydrogens is 390 g/mol. The summed E-state index contributed by atoms with van der Waals surface area (Å²) < 4.78 is 1.67. The Morgan fingerprint density at radius 3 is 2.66 bits per heavy atom. The van der Waals surface area contributed by atoms with Crippen LogP contribution in [-0.4, -0.2) is 33.1 Å². The van der Waals surface area contributed by atoms with E-state index < -0.39 is 0 Å². The van der Waals surface area contributed by atoms with Crippen LogP contribution in [0.15, 0.2) is 55.1 Å². The van der Waals surface area contributed by atoms with Gasteiger partial charge < -0.3 is 10.2 Å². The molecule has 0 unspecified atom stereocenters. The Balaban J connectivity index is 1.48. The van der Waals surface area contributed by atoms with Crippen LogP contribution in [0.4, 0.5) is 5.69 Å². The number of aromatic nitrogens is 3. The first-order chi connectivity index (χ1) is 14.0. The Morgan fingerprint density at radius 2 is 2.00 bits per heavy atom. The number of halogens is 1. The molecule has 1 aromatic heterocycles. The Labute approximate surface area is 173 Å². The lowest BCUT2D eigenvalue weighted by Crippen LogP contribution is -2.28. The van der Waals surface area contributed by atoms with Crippen molar-refractivity contribution in [1.29, 1.82) is 0 Å². The van der Waals surface area contributed by atoms with Gasteiger partial charge in [0.1, 0.15) is 12.7 Å². The molecule has 0 radical (unpaired) electrons. The highest BCUT2D eigenvalue weighted by molar-refractivity contribution is 6.34. The van der Waals surface area contributed by atoms with E-state index in [0.29, 0.717) is 29.2 Å². The Morgan fingerprint density at radius 1 is 1.21 bits per heavy atom. The second kappa shape index (κ2) is 8.05. The molecule has 0 spiro atoms. The minimum atomic E-state index is -0.220. The molecule has 3 aromatic rings. The third kappa shape index (κ3) is 4.00. The van der Waals surface area contributed by atoms with Gasteiger partial charge in [0, 0.05) is 18.5 Å². The number of carbonyl (C=O) groups excluding carboxylic acids is 2. The van der Waals surface area contributed by atoms with Gasteiger partial charge in [-0.25, -0.2) is 9.67 Å². The molecule has 0 aliphatic carbocycles. The van der Waals surface area contributed by atoms with Crippen molar-refractivity contribution in [1.82, 2.24) is 20.1 Å². The van der Waals surface area contributed by atoms with Crippen molar-refractivity contribution < 1.29 is 9.59 Å². The van der Waals surface area contributed by atoms with Crippen LogP contribution >= 0.6 is 11.6 Å². The average molecular weight is 410 g/mol. The summed E-state index contributed by atoms with van der Waals surface area (Å²) in [6, 6.07) is 12.5. The van der Waals surface area contributed by atoms with E-state index in [2.05, 4.69) is 15.4 Å². The van der Waals surface area contributed by atoms with Crippen LogP contribution in [0.5, 0.6) is 0 Å². The Kier molecular flexibility index (Phi) is 5.31. The van der Waals surface area contributed by atoms with Gasteiger partial charge in [-0.3, -0.25) is 9.59 Å². The molecule has 4 rings (SSSR count). The summed E-state index contributed by atoms with van der Waals surface area (Å²) in [5, 5.41) is 7.56. The molecule has 1 atom stereocenters. The summed E-state index contributed by atoms with van der Waals surface area (Å²) in [6.07, 6.45) is 4.41. The number of amides is 2. The van der Waals surface area contributed by atoms with Crippen molar-refractivity contribution in [3.8, 4) is 5.69 Å². The van der Waals surface area contributed by atoms with E-state index >= 15 is 0 Å². The number of rotatable bonds is 5. The zero-order chi connectivity index (χ0) is 20.4. The normalized spacial score (nSPS) is 14.8. The summed E-state index contributed by atoms with van der Waals surface area (Å²) in [6.45, 7) is 2.54. The van der Waals surface area contributed by atoms with E-state index in [0.717, 1.165) is 17.7 Å². The van der Waals surface area contributed by atoms with Crippen LogP contribution in [0.2, 0.25) is 5.02 Å². The number of hydrogen-bond acceptors (Lipinski definition) is 4. The minimum absolute atomic E-state index is 0.0327. The molecule has 29 heavy (non-hydrogen) atoms. The van der Waals surface area contributed by atoms with E-state index in [1.807, 2.05) is 31.2 Å². The first-order valence-electron chi connectivity index (χ1n) is 9.38. The average Bonchev–Trinajstić information content (AvgIpc) is 3.40. The Hall–Kier alpha value is -3.19. The maximum Gasteiger partial charge on any atom is 0.251 e. The smallest absolute Gasteiger partial charge is 0.251 e. The van der Waals surface area contributed by atoms with Crippen molar-refractivity contribution in [3.63, 3.8) is 0 Å². The SMILES string of the molecule is C[C@H](NC(=O)c1ccc(Cl)c(N2CCCC2=O)c1)c1ccc(-n2cncn2)cc1. The molecule has 148 valence electrons. The molecule has 1 aliphatic rings.